The predicted molar refractivity (Wildman–Crippen MR) is 104 cm³/mol. The molecule has 1 fully saturated rings. The number of aromatic nitrogens is 1. The van der Waals surface area contributed by atoms with E-state index in [1.807, 2.05) is 23.6 Å². The van der Waals surface area contributed by atoms with Gasteiger partial charge in [-0.1, -0.05) is 24.3 Å². The van der Waals surface area contributed by atoms with E-state index in [4.69, 9.17) is 5.11 Å². The lowest BCUT2D eigenvalue weighted by atomic mass is 9.89. The molecule has 0 saturated heterocycles. The van der Waals surface area contributed by atoms with Gasteiger partial charge in [0.1, 0.15) is 0 Å². The molecule has 1 aliphatic rings. The van der Waals surface area contributed by atoms with Crippen molar-refractivity contribution in [3.05, 3.63) is 40.9 Å². The SMILES string of the molecule is O=C(O)CCC/C=C\C[C@@H]1[C@@H](/C=C/[C@@H](O)CCc2nccs2)[C@H](O)C[C@@H]1O. The minimum absolute atomic E-state index is 0.0989. The monoisotopic (exact) mass is 395 g/mol. The number of aliphatic hydroxyl groups excluding tert-OH is 3. The first kappa shape index (κ1) is 21.8. The summed E-state index contributed by atoms with van der Waals surface area (Å²) in [7, 11) is 0. The lowest BCUT2D eigenvalue weighted by molar-refractivity contribution is -0.137. The largest absolute Gasteiger partial charge is 0.481 e. The third kappa shape index (κ3) is 7.54. The van der Waals surface area contributed by atoms with Gasteiger partial charge in [0, 0.05) is 36.8 Å². The molecule has 0 radical (unpaired) electrons. The number of unbranched alkanes of at least 4 members (excludes halogenated alkanes) is 1. The number of rotatable bonds is 11. The van der Waals surface area contributed by atoms with Crippen molar-refractivity contribution in [2.75, 3.05) is 0 Å². The Morgan fingerprint density at radius 3 is 2.85 bits per heavy atom. The van der Waals surface area contributed by atoms with Crippen molar-refractivity contribution in [3.63, 3.8) is 0 Å². The van der Waals surface area contributed by atoms with Gasteiger partial charge in [0.2, 0.25) is 0 Å². The molecule has 0 spiro atoms. The van der Waals surface area contributed by atoms with Crippen molar-refractivity contribution in [1.29, 1.82) is 0 Å². The average molecular weight is 396 g/mol. The zero-order valence-corrected chi connectivity index (χ0v) is 16.2. The third-order valence-corrected chi connectivity index (χ3v) is 5.78. The molecule has 2 rings (SSSR count). The maximum atomic E-state index is 10.5. The van der Waals surface area contributed by atoms with Crippen LogP contribution in [0.25, 0.3) is 0 Å². The van der Waals surface area contributed by atoms with Gasteiger partial charge in [-0.2, -0.15) is 0 Å². The second-order valence-electron chi connectivity index (χ2n) is 7.02. The Kier molecular flexibility index (Phi) is 9.14. The molecule has 1 aliphatic carbocycles. The Morgan fingerprint density at radius 1 is 1.33 bits per heavy atom. The zero-order chi connectivity index (χ0) is 19.6. The van der Waals surface area contributed by atoms with Crippen LogP contribution in [0.2, 0.25) is 0 Å². The highest BCUT2D eigenvalue weighted by atomic mass is 32.1. The van der Waals surface area contributed by atoms with Crippen molar-refractivity contribution in [3.8, 4) is 0 Å². The van der Waals surface area contributed by atoms with Gasteiger partial charge in [-0.25, -0.2) is 4.98 Å². The summed E-state index contributed by atoms with van der Waals surface area (Å²) in [5.74, 6) is -1.09. The number of hydrogen-bond donors (Lipinski definition) is 4. The van der Waals surface area contributed by atoms with E-state index in [1.165, 1.54) is 0 Å². The zero-order valence-electron chi connectivity index (χ0n) is 15.4. The van der Waals surface area contributed by atoms with Crippen LogP contribution < -0.4 is 0 Å². The van der Waals surface area contributed by atoms with Gasteiger partial charge in [0.05, 0.1) is 23.3 Å². The van der Waals surface area contributed by atoms with Gasteiger partial charge in [0.25, 0.3) is 0 Å². The number of carbonyl (C=O) groups is 1. The van der Waals surface area contributed by atoms with Crippen LogP contribution in [-0.4, -0.2) is 49.7 Å². The summed E-state index contributed by atoms with van der Waals surface area (Å²) >= 11 is 1.57. The van der Waals surface area contributed by atoms with E-state index < -0.39 is 24.3 Å². The van der Waals surface area contributed by atoms with Crippen molar-refractivity contribution in [2.45, 2.75) is 63.3 Å². The van der Waals surface area contributed by atoms with Gasteiger partial charge in [-0.05, 0) is 31.6 Å². The second kappa shape index (κ2) is 11.3. The third-order valence-electron chi connectivity index (χ3n) is 4.95. The first-order valence-electron chi connectivity index (χ1n) is 9.45. The van der Waals surface area contributed by atoms with Crippen LogP contribution in [0.4, 0.5) is 0 Å². The Labute approximate surface area is 163 Å². The fraction of sp³-hybridized carbons (Fsp3) is 0.600. The van der Waals surface area contributed by atoms with E-state index in [-0.39, 0.29) is 18.3 Å². The van der Waals surface area contributed by atoms with Gasteiger partial charge in [-0.3, -0.25) is 4.79 Å². The number of carboxylic acids is 1. The first-order chi connectivity index (χ1) is 13.0. The van der Waals surface area contributed by atoms with Crippen molar-refractivity contribution in [1.82, 2.24) is 4.98 Å². The number of thiazole rings is 1. The van der Waals surface area contributed by atoms with E-state index in [1.54, 1.807) is 23.6 Å². The summed E-state index contributed by atoms with van der Waals surface area (Å²) in [4.78, 5) is 14.7. The smallest absolute Gasteiger partial charge is 0.303 e. The molecule has 5 atom stereocenters. The fourth-order valence-electron chi connectivity index (χ4n) is 3.45. The molecule has 1 heterocycles. The quantitative estimate of drug-likeness (QED) is 0.338. The Morgan fingerprint density at radius 2 is 2.15 bits per heavy atom. The molecule has 1 saturated carbocycles. The average Bonchev–Trinajstić information content (AvgIpc) is 3.22. The molecule has 150 valence electrons. The number of allylic oxidation sites excluding steroid dienone is 2. The van der Waals surface area contributed by atoms with E-state index in [2.05, 4.69) is 4.98 Å². The summed E-state index contributed by atoms with van der Waals surface area (Å²) < 4.78 is 0. The van der Waals surface area contributed by atoms with Crippen LogP contribution >= 0.6 is 11.3 Å². The van der Waals surface area contributed by atoms with Crippen LogP contribution in [0, 0.1) is 11.8 Å². The number of nitrogens with zero attached hydrogens (tertiary/aromatic N) is 1. The summed E-state index contributed by atoms with van der Waals surface area (Å²) in [6.07, 6.45) is 11.0. The molecule has 0 amide bonds. The van der Waals surface area contributed by atoms with Gasteiger partial charge in [-0.15, -0.1) is 11.3 Å². The Hall–Kier alpha value is -1.54. The molecule has 0 bridgehead atoms. The lowest BCUT2D eigenvalue weighted by Gasteiger charge is -2.19. The normalized spacial score (nSPS) is 26.9. The molecule has 0 aliphatic heterocycles. The molecule has 0 unspecified atom stereocenters. The number of hydrogen-bond acceptors (Lipinski definition) is 6. The summed E-state index contributed by atoms with van der Waals surface area (Å²) in [5.41, 5.74) is 0. The predicted octanol–water partition coefficient (Wildman–Crippen LogP) is 2.55. The van der Waals surface area contributed by atoms with Crippen molar-refractivity contribution < 1.29 is 25.2 Å². The molecule has 6 nitrogen and oxygen atoms in total. The molecular formula is C20H29NO5S. The number of aliphatic carboxylic acids is 1. The molecular weight excluding hydrogens is 366 g/mol. The molecule has 7 heteroatoms. The van der Waals surface area contributed by atoms with E-state index >= 15 is 0 Å². The van der Waals surface area contributed by atoms with E-state index in [0.717, 1.165) is 5.01 Å². The van der Waals surface area contributed by atoms with Gasteiger partial charge in [0.15, 0.2) is 0 Å². The molecule has 0 aromatic carbocycles. The summed E-state index contributed by atoms with van der Waals surface area (Å²) in [6, 6.07) is 0. The molecule has 27 heavy (non-hydrogen) atoms. The molecule has 4 N–H and O–H groups in total. The number of carboxylic acid groups (broad SMARTS) is 1. The maximum Gasteiger partial charge on any atom is 0.303 e. The Balaban J connectivity index is 1.81. The maximum absolute atomic E-state index is 10.5. The minimum atomic E-state index is -0.795. The number of aryl methyl sites for hydroxylation is 1. The fourth-order valence-corrected chi connectivity index (χ4v) is 4.09. The minimum Gasteiger partial charge on any atom is -0.481 e. The Bertz CT molecular complexity index is 616. The van der Waals surface area contributed by atoms with Crippen LogP contribution in [0.15, 0.2) is 35.9 Å². The van der Waals surface area contributed by atoms with E-state index in [9.17, 15) is 20.1 Å². The van der Waals surface area contributed by atoms with Crippen LogP contribution in [0.3, 0.4) is 0 Å². The highest BCUT2D eigenvalue weighted by Crippen LogP contribution is 2.36. The van der Waals surface area contributed by atoms with Crippen molar-refractivity contribution >= 4 is 17.3 Å². The van der Waals surface area contributed by atoms with Crippen LogP contribution in [0.5, 0.6) is 0 Å². The van der Waals surface area contributed by atoms with E-state index in [0.29, 0.717) is 38.5 Å². The van der Waals surface area contributed by atoms with Crippen LogP contribution in [-0.2, 0) is 11.2 Å². The first-order valence-corrected chi connectivity index (χ1v) is 10.3. The topological polar surface area (TPSA) is 111 Å². The second-order valence-corrected chi connectivity index (χ2v) is 8.00. The van der Waals surface area contributed by atoms with Crippen molar-refractivity contribution in [2.24, 2.45) is 11.8 Å². The van der Waals surface area contributed by atoms with Gasteiger partial charge >= 0.3 is 5.97 Å². The number of aliphatic hydroxyl groups is 3. The lowest BCUT2D eigenvalue weighted by Crippen LogP contribution is -2.20. The highest BCUT2D eigenvalue weighted by molar-refractivity contribution is 7.09. The standard InChI is InChI=1S/C20H29NO5S/c22-14(8-10-19-21-11-12-27-19)7-9-16-15(17(23)13-18(16)24)5-3-1-2-4-6-20(25)26/h1,3,7,9,11-12,14-18,22-24H,2,4-6,8,10,13H2,(H,25,26)/b3-1-,9-7+/t14-,15-,16-,17+,18-/m1/s1. The van der Waals surface area contributed by atoms with Gasteiger partial charge < -0.3 is 20.4 Å². The molecule has 1 aromatic heterocycles. The highest BCUT2D eigenvalue weighted by Gasteiger charge is 2.39. The van der Waals surface area contributed by atoms with Crippen LogP contribution in [0.1, 0.15) is 43.5 Å². The molecule has 1 aromatic rings. The summed E-state index contributed by atoms with van der Waals surface area (Å²) in [6.45, 7) is 0. The summed E-state index contributed by atoms with van der Waals surface area (Å²) in [5, 5.41) is 42.1.